The van der Waals surface area contributed by atoms with Gasteiger partial charge in [-0.05, 0) is 25.3 Å². The van der Waals surface area contributed by atoms with Crippen molar-refractivity contribution in [1.82, 2.24) is 5.32 Å². The van der Waals surface area contributed by atoms with Gasteiger partial charge < -0.3 is 24.6 Å². The molecule has 2 fully saturated rings. The lowest BCUT2D eigenvalue weighted by atomic mass is 9.80. The Morgan fingerprint density at radius 3 is 2.43 bits per heavy atom. The topological polar surface area (TPSA) is 111 Å². The van der Waals surface area contributed by atoms with E-state index in [0.717, 1.165) is 5.56 Å². The van der Waals surface area contributed by atoms with Gasteiger partial charge in [-0.1, -0.05) is 30.3 Å². The summed E-state index contributed by atoms with van der Waals surface area (Å²) in [4.78, 5) is 36.8. The fourth-order valence-corrected chi connectivity index (χ4v) is 4.81. The number of fused-ring (bicyclic) bond motifs is 1. The molecule has 8 heteroatoms. The lowest BCUT2D eigenvalue weighted by Crippen LogP contribution is -2.57. The highest BCUT2D eigenvalue weighted by Crippen LogP contribution is 2.68. The second-order valence-corrected chi connectivity index (χ2v) is 8.27. The van der Waals surface area contributed by atoms with E-state index in [2.05, 4.69) is 5.32 Å². The van der Waals surface area contributed by atoms with Crippen LogP contribution in [0, 0.1) is 17.3 Å². The van der Waals surface area contributed by atoms with Gasteiger partial charge in [0.25, 0.3) is 0 Å². The average Bonchev–Trinajstić information content (AvgIpc) is 3.40. The van der Waals surface area contributed by atoms with E-state index in [9.17, 15) is 19.5 Å². The molecule has 1 aromatic carbocycles. The molecule has 0 aromatic heterocycles. The number of ether oxygens (including phenoxy) is 3. The number of carbonyl (C=O) groups excluding carboxylic acids is 3. The van der Waals surface area contributed by atoms with Gasteiger partial charge >= 0.3 is 17.9 Å². The highest BCUT2D eigenvalue weighted by Gasteiger charge is 2.75. The number of aliphatic hydroxyl groups is 1. The molecular weight excluding hydrogens is 390 g/mol. The first-order valence-corrected chi connectivity index (χ1v) is 10.0. The van der Waals surface area contributed by atoms with Crippen LogP contribution in [-0.4, -0.2) is 55.5 Å². The Morgan fingerprint density at radius 1 is 1.20 bits per heavy atom. The second kappa shape index (κ2) is 8.35. The molecule has 0 amide bonds. The zero-order valence-electron chi connectivity index (χ0n) is 17.7. The SMILES string of the molecule is COC(=O)[C@@]12C[C@@H]1[C@H](OC(C)=O)[C@@H]([C@](O)(CN[C@H](C)c1ccccc1)C(=O)OC)C2. The van der Waals surface area contributed by atoms with Crippen molar-refractivity contribution in [1.29, 1.82) is 0 Å². The Hall–Kier alpha value is -2.45. The number of methoxy groups -OCH3 is 2. The lowest BCUT2D eigenvalue weighted by molar-refractivity contribution is -0.179. The highest BCUT2D eigenvalue weighted by molar-refractivity contribution is 5.84. The first-order chi connectivity index (χ1) is 14.2. The van der Waals surface area contributed by atoms with Crippen LogP contribution in [0.25, 0.3) is 0 Å². The predicted octanol–water partition coefficient (Wildman–Crippen LogP) is 1.37. The fraction of sp³-hybridized carbons (Fsp3) is 0.591. The maximum absolute atomic E-state index is 12.7. The van der Waals surface area contributed by atoms with Crippen molar-refractivity contribution < 1.29 is 33.7 Å². The van der Waals surface area contributed by atoms with E-state index in [1.54, 1.807) is 0 Å². The summed E-state index contributed by atoms with van der Waals surface area (Å²) in [5.74, 6) is -2.87. The summed E-state index contributed by atoms with van der Waals surface area (Å²) in [5, 5.41) is 14.7. The van der Waals surface area contributed by atoms with Crippen LogP contribution >= 0.6 is 0 Å². The molecule has 164 valence electrons. The third kappa shape index (κ3) is 3.81. The Labute approximate surface area is 175 Å². The summed E-state index contributed by atoms with van der Waals surface area (Å²) in [6.45, 7) is 3.06. The summed E-state index contributed by atoms with van der Waals surface area (Å²) in [7, 11) is 2.50. The smallest absolute Gasteiger partial charge is 0.339 e. The summed E-state index contributed by atoms with van der Waals surface area (Å²) in [6.07, 6.45) is -0.103. The van der Waals surface area contributed by atoms with E-state index < -0.39 is 40.9 Å². The van der Waals surface area contributed by atoms with Crippen LogP contribution in [-0.2, 0) is 28.6 Å². The van der Waals surface area contributed by atoms with Gasteiger partial charge in [0.15, 0.2) is 5.60 Å². The molecule has 2 aliphatic rings. The van der Waals surface area contributed by atoms with Gasteiger partial charge in [-0.2, -0.15) is 0 Å². The fourth-order valence-electron chi connectivity index (χ4n) is 4.81. The average molecular weight is 419 g/mol. The van der Waals surface area contributed by atoms with Gasteiger partial charge in [0.05, 0.1) is 19.6 Å². The normalized spacial score (nSPS) is 29.8. The van der Waals surface area contributed by atoms with Crippen LogP contribution in [0.2, 0.25) is 0 Å². The highest BCUT2D eigenvalue weighted by atomic mass is 16.6. The van der Waals surface area contributed by atoms with Crippen LogP contribution in [0.1, 0.15) is 38.3 Å². The van der Waals surface area contributed by atoms with Crippen LogP contribution in [0.4, 0.5) is 0 Å². The van der Waals surface area contributed by atoms with Gasteiger partial charge in [0, 0.05) is 31.3 Å². The van der Waals surface area contributed by atoms with Crippen molar-refractivity contribution in [3.63, 3.8) is 0 Å². The molecule has 8 nitrogen and oxygen atoms in total. The molecule has 0 saturated heterocycles. The molecule has 3 rings (SSSR count). The number of esters is 3. The van der Waals surface area contributed by atoms with Gasteiger partial charge in [-0.25, -0.2) is 4.79 Å². The zero-order chi connectivity index (χ0) is 22.1. The maximum Gasteiger partial charge on any atom is 0.339 e. The van der Waals surface area contributed by atoms with E-state index in [-0.39, 0.29) is 24.9 Å². The number of hydrogen-bond donors (Lipinski definition) is 2. The summed E-state index contributed by atoms with van der Waals surface area (Å²) in [6, 6.07) is 9.44. The molecule has 1 aromatic rings. The van der Waals surface area contributed by atoms with Gasteiger partial charge in [0.2, 0.25) is 0 Å². The number of benzene rings is 1. The van der Waals surface area contributed by atoms with Crippen LogP contribution < -0.4 is 5.32 Å². The van der Waals surface area contributed by atoms with Gasteiger partial charge in [-0.15, -0.1) is 0 Å². The quantitative estimate of drug-likeness (QED) is 0.480. The molecule has 2 saturated carbocycles. The van der Waals surface area contributed by atoms with E-state index >= 15 is 0 Å². The first kappa shape index (κ1) is 22.2. The zero-order valence-corrected chi connectivity index (χ0v) is 17.7. The molecule has 0 unspecified atom stereocenters. The lowest BCUT2D eigenvalue weighted by Gasteiger charge is -2.37. The molecule has 0 spiro atoms. The van der Waals surface area contributed by atoms with Crippen LogP contribution in [0.3, 0.4) is 0 Å². The molecule has 2 aliphatic carbocycles. The van der Waals surface area contributed by atoms with Crippen molar-refractivity contribution >= 4 is 17.9 Å². The van der Waals surface area contributed by atoms with Crippen molar-refractivity contribution in [3.8, 4) is 0 Å². The number of carbonyl (C=O) groups is 3. The maximum atomic E-state index is 12.7. The molecule has 30 heavy (non-hydrogen) atoms. The van der Waals surface area contributed by atoms with Crippen LogP contribution in [0.5, 0.6) is 0 Å². The summed E-state index contributed by atoms with van der Waals surface area (Å²) in [5.41, 5.74) is -1.83. The van der Waals surface area contributed by atoms with E-state index in [0.29, 0.717) is 6.42 Å². The second-order valence-electron chi connectivity index (χ2n) is 8.27. The monoisotopic (exact) mass is 419 g/mol. The molecular formula is C22H29NO7. The van der Waals surface area contributed by atoms with E-state index in [4.69, 9.17) is 14.2 Å². The molecule has 6 atom stereocenters. The largest absolute Gasteiger partial charge is 0.469 e. The van der Waals surface area contributed by atoms with Crippen molar-refractivity contribution in [2.75, 3.05) is 20.8 Å². The standard InChI is InChI=1S/C22H29NO7/c1-13(15-8-6-5-7-9-15)23-12-22(27,20(26)29-4)17-11-21(19(25)28-3)10-16(21)18(17)30-14(2)24/h5-9,13,16-18,23,27H,10-12H2,1-4H3/t13-,16-,17+,18+,21-,22-/m1/s1. The number of hydrogen-bond acceptors (Lipinski definition) is 8. The molecule has 0 aliphatic heterocycles. The predicted molar refractivity (Wildman–Crippen MR) is 106 cm³/mol. The minimum absolute atomic E-state index is 0.123. The van der Waals surface area contributed by atoms with Gasteiger partial charge in [-0.3, -0.25) is 9.59 Å². The summed E-state index contributed by atoms with van der Waals surface area (Å²) < 4.78 is 15.3. The van der Waals surface area contributed by atoms with Crippen molar-refractivity contribution in [2.24, 2.45) is 17.3 Å². The van der Waals surface area contributed by atoms with Crippen LogP contribution in [0.15, 0.2) is 30.3 Å². The third-order valence-corrected chi connectivity index (χ3v) is 6.53. The van der Waals surface area contributed by atoms with Gasteiger partial charge in [0.1, 0.15) is 6.10 Å². The Kier molecular flexibility index (Phi) is 6.19. The number of nitrogens with one attached hydrogen (secondary N) is 1. The molecule has 0 bridgehead atoms. The third-order valence-electron chi connectivity index (χ3n) is 6.53. The van der Waals surface area contributed by atoms with Crippen molar-refractivity contribution in [2.45, 2.75) is 44.4 Å². The Morgan fingerprint density at radius 2 is 1.87 bits per heavy atom. The summed E-state index contributed by atoms with van der Waals surface area (Å²) >= 11 is 0. The number of rotatable bonds is 8. The molecule has 0 heterocycles. The van der Waals surface area contributed by atoms with E-state index in [1.165, 1.54) is 21.1 Å². The molecule has 2 N–H and O–H groups in total. The molecule has 0 radical (unpaired) electrons. The van der Waals surface area contributed by atoms with E-state index in [1.807, 2.05) is 37.3 Å². The first-order valence-electron chi connectivity index (χ1n) is 10.0. The minimum Gasteiger partial charge on any atom is -0.469 e. The minimum atomic E-state index is -1.98. The Bertz CT molecular complexity index is 813. The Balaban J connectivity index is 1.86. The van der Waals surface area contributed by atoms with Crippen molar-refractivity contribution in [3.05, 3.63) is 35.9 Å².